The first-order valence-electron chi connectivity index (χ1n) is 5.60. The van der Waals surface area contributed by atoms with Gasteiger partial charge >= 0.3 is 0 Å². The van der Waals surface area contributed by atoms with E-state index in [9.17, 15) is 8.42 Å². The quantitative estimate of drug-likeness (QED) is 0.860. The van der Waals surface area contributed by atoms with Crippen molar-refractivity contribution in [1.29, 1.82) is 0 Å². The number of hydrogen-bond acceptors (Lipinski definition) is 4. The Bertz CT molecular complexity index is 679. The summed E-state index contributed by atoms with van der Waals surface area (Å²) in [4.78, 5) is 4.03. The lowest BCUT2D eigenvalue weighted by atomic mass is 10.3. The topological polar surface area (TPSA) is 56.3 Å². The van der Waals surface area contributed by atoms with Crippen LogP contribution in [0.5, 0.6) is 5.75 Å². The highest BCUT2D eigenvalue weighted by atomic mass is 32.2. The summed E-state index contributed by atoms with van der Waals surface area (Å²) in [5, 5.41) is 1.17. The van der Waals surface area contributed by atoms with Gasteiger partial charge in [0.15, 0.2) is 0 Å². The molecule has 5 heteroatoms. The van der Waals surface area contributed by atoms with Crippen LogP contribution in [0.1, 0.15) is 5.56 Å². The van der Waals surface area contributed by atoms with Crippen LogP contribution in [0.4, 0.5) is 0 Å². The normalized spacial score (nSPS) is 11.6. The maximum Gasteiger partial charge on any atom is 0.203 e. The molecule has 0 saturated heterocycles. The van der Waals surface area contributed by atoms with E-state index in [4.69, 9.17) is 4.74 Å². The molecule has 0 saturated carbocycles. The number of rotatable bonds is 4. The zero-order valence-corrected chi connectivity index (χ0v) is 11.2. The van der Waals surface area contributed by atoms with E-state index >= 15 is 0 Å². The van der Waals surface area contributed by atoms with E-state index < -0.39 is 9.84 Å². The van der Waals surface area contributed by atoms with Gasteiger partial charge in [-0.15, -0.1) is 0 Å². The average Bonchev–Trinajstić information content (AvgIpc) is 2.46. The number of sulfone groups is 1. The van der Waals surface area contributed by atoms with Crippen molar-refractivity contribution < 1.29 is 13.2 Å². The van der Waals surface area contributed by atoms with Gasteiger partial charge in [0.25, 0.3) is 0 Å². The lowest BCUT2D eigenvalue weighted by Gasteiger charge is -2.05. The number of hydrogen-bond donors (Lipinski definition) is 0. The predicted octanol–water partition coefficient (Wildman–Crippen LogP) is 2.53. The second-order valence-corrected chi connectivity index (χ2v) is 5.58. The van der Waals surface area contributed by atoms with E-state index in [-0.39, 0.29) is 4.90 Å². The molecule has 19 heavy (non-hydrogen) atoms. The third kappa shape index (κ3) is 3.20. The van der Waals surface area contributed by atoms with Crippen LogP contribution in [0, 0.1) is 0 Å². The third-order valence-corrected chi connectivity index (χ3v) is 3.97. The number of para-hydroxylation sites is 1. The van der Waals surface area contributed by atoms with Crippen molar-refractivity contribution in [1.82, 2.24) is 4.98 Å². The molecule has 0 unspecified atom stereocenters. The lowest BCUT2D eigenvalue weighted by molar-refractivity contribution is 0.403. The summed E-state index contributed by atoms with van der Waals surface area (Å²) in [6.07, 6.45) is 4.74. The van der Waals surface area contributed by atoms with E-state index in [1.165, 1.54) is 24.7 Å². The predicted molar refractivity (Wildman–Crippen MR) is 73.5 cm³/mol. The Morgan fingerprint density at radius 1 is 1.11 bits per heavy atom. The second-order valence-electron chi connectivity index (χ2n) is 3.78. The molecule has 0 aliphatic carbocycles. The first-order valence-corrected chi connectivity index (χ1v) is 7.14. The van der Waals surface area contributed by atoms with Crippen LogP contribution in [0.3, 0.4) is 0 Å². The molecule has 1 aromatic heterocycles. The van der Waals surface area contributed by atoms with E-state index in [0.29, 0.717) is 5.75 Å². The van der Waals surface area contributed by atoms with Gasteiger partial charge in [0, 0.05) is 17.8 Å². The fraction of sp³-hybridized carbons (Fsp3) is 0.0714. The first kappa shape index (κ1) is 13.3. The van der Waals surface area contributed by atoms with Crippen LogP contribution >= 0.6 is 0 Å². The van der Waals surface area contributed by atoms with Crippen LogP contribution < -0.4 is 4.74 Å². The standard InChI is InChI=1S/C14H13NO3S/c1-18-13-4-2-3-5-14(13)19(16,17)11-8-12-6-9-15-10-7-12/h2-11H,1H3/b11-8+. The highest BCUT2D eigenvalue weighted by molar-refractivity contribution is 7.94. The number of aromatic nitrogens is 1. The Morgan fingerprint density at radius 3 is 2.47 bits per heavy atom. The Balaban J connectivity index is 2.36. The third-order valence-electron chi connectivity index (χ3n) is 2.52. The minimum atomic E-state index is -3.53. The van der Waals surface area contributed by atoms with Crippen molar-refractivity contribution >= 4 is 15.9 Å². The average molecular weight is 275 g/mol. The van der Waals surface area contributed by atoms with Crippen LogP contribution in [-0.4, -0.2) is 20.5 Å². The minimum absolute atomic E-state index is 0.155. The Hall–Kier alpha value is -2.14. The first-order chi connectivity index (χ1) is 9.13. The molecule has 2 rings (SSSR count). The fourth-order valence-corrected chi connectivity index (χ4v) is 2.75. The second kappa shape index (κ2) is 5.67. The van der Waals surface area contributed by atoms with E-state index in [1.807, 2.05) is 0 Å². The van der Waals surface area contributed by atoms with Crippen LogP contribution in [0.2, 0.25) is 0 Å². The highest BCUT2D eigenvalue weighted by Gasteiger charge is 2.15. The molecule has 0 fully saturated rings. The number of nitrogens with zero attached hydrogens (tertiary/aromatic N) is 1. The summed E-state index contributed by atoms with van der Waals surface area (Å²) >= 11 is 0. The van der Waals surface area contributed by atoms with Gasteiger partial charge in [-0.3, -0.25) is 4.98 Å². The van der Waals surface area contributed by atoms with Crippen LogP contribution in [-0.2, 0) is 9.84 Å². The summed E-state index contributed by atoms with van der Waals surface area (Å²) in [5.74, 6) is 0.335. The zero-order chi connectivity index (χ0) is 13.7. The molecule has 0 spiro atoms. The van der Waals surface area contributed by atoms with E-state index in [0.717, 1.165) is 5.56 Å². The summed E-state index contributed by atoms with van der Waals surface area (Å²) in [7, 11) is -2.08. The molecule has 0 N–H and O–H groups in total. The molecule has 2 aromatic rings. The van der Waals surface area contributed by atoms with Crippen molar-refractivity contribution in [3.63, 3.8) is 0 Å². The van der Waals surface area contributed by atoms with Gasteiger partial charge in [-0.05, 0) is 35.9 Å². The monoisotopic (exact) mass is 275 g/mol. The largest absolute Gasteiger partial charge is 0.495 e. The Morgan fingerprint density at radius 2 is 1.79 bits per heavy atom. The molecule has 0 amide bonds. The van der Waals surface area contributed by atoms with Gasteiger partial charge in [0.2, 0.25) is 9.84 Å². The van der Waals surface area contributed by atoms with Crippen molar-refractivity contribution in [2.24, 2.45) is 0 Å². The highest BCUT2D eigenvalue weighted by Crippen LogP contribution is 2.24. The molecule has 0 aliphatic rings. The van der Waals surface area contributed by atoms with Gasteiger partial charge in [-0.25, -0.2) is 8.42 Å². The number of methoxy groups -OCH3 is 1. The van der Waals surface area contributed by atoms with Crippen LogP contribution in [0.25, 0.3) is 6.08 Å². The van der Waals surface area contributed by atoms with E-state index in [1.54, 1.807) is 42.7 Å². The summed E-state index contributed by atoms with van der Waals surface area (Å²) in [5.41, 5.74) is 0.772. The molecular formula is C14H13NO3S. The summed E-state index contributed by atoms with van der Waals surface area (Å²) in [6.45, 7) is 0. The van der Waals surface area contributed by atoms with Gasteiger partial charge < -0.3 is 4.74 Å². The fourth-order valence-electron chi connectivity index (χ4n) is 1.57. The summed E-state index contributed by atoms with van der Waals surface area (Å²) < 4.78 is 29.5. The lowest BCUT2D eigenvalue weighted by Crippen LogP contribution is -1.99. The number of pyridine rings is 1. The molecule has 0 aliphatic heterocycles. The Labute approximate surface area is 112 Å². The number of ether oxygens (including phenoxy) is 1. The van der Waals surface area contributed by atoms with Crippen molar-refractivity contribution in [2.45, 2.75) is 4.90 Å². The maximum atomic E-state index is 12.2. The van der Waals surface area contributed by atoms with Gasteiger partial charge in [-0.2, -0.15) is 0 Å². The molecular weight excluding hydrogens is 262 g/mol. The Kier molecular flexibility index (Phi) is 3.97. The maximum absolute atomic E-state index is 12.2. The molecule has 4 nitrogen and oxygen atoms in total. The molecule has 1 aromatic carbocycles. The summed E-state index contributed by atoms with van der Waals surface area (Å²) in [6, 6.07) is 9.99. The SMILES string of the molecule is COc1ccccc1S(=O)(=O)/C=C/c1ccncc1. The van der Waals surface area contributed by atoms with Crippen molar-refractivity contribution in [3.8, 4) is 5.75 Å². The number of benzene rings is 1. The zero-order valence-electron chi connectivity index (χ0n) is 10.4. The molecule has 0 radical (unpaired) electrons. The smallest absolute Gasteiger partial charge is 0.203 e. The van der Waals surface area contributed by atoms with E-state index in [2.05, 4.69) is 4.98 Å². The van der Waals surface area contributed by atoms with Crippen LogP contribution in [0.15, 0.2) is 59.1 Å². The molecule has 0 atom stereocenters. The minimum Gasteiger partial charge on any atom is -0.495 e. The molecule has 1 heterocycles. The molecule has 0 bridgehead atoms. The van der Waals surface area contributed by atoms with Crippen molar-refractivity contribution in [3.05, 3.63) is 59.8 Å². The van der Waals surface area contributed by atoms with Gasteiger partial charge in [0.1, 0.15) is 10.6 Å². The van der Waals surface area contributed by atoms with Gasteiger partial charge in [0.05, 0.1) is 7.11 Å². The molecule has 98 valence electrons. The van der Waals surface area contributed by atoms with Crippen molar-refractivity contribution in [2.75, 3.05) is 7.11 Å². The van der Waals surface area contributed by atoms with Gasteiger partial charge in [-0.1, -0.05) is 12.1 Å².